The maximum atomic E-state index is 6.13. The van der Waals surface area contributed by atoms with Crippen LogP contribution in [0.4, 0.5) is 0 Å². The molecule has 0 bridgehead atoms. The SMILES string of the molecule is COc1ccc([C@@H]2c3ccc(OC(C)(C)C)cc3CCC2c2ccccc2)cc1. The maximum absolute atomic E-state index is 6.13. The zero-order chi connectivity index (χ0) is 20.4. The summed E-state index contributed by atoms with van der Waals surface area (Å²) < 4.78 is 11.5. The quantitative estimate of drug-likeness (QED) is 0.495. The third-order valence-corrected chi connectivity index (χ3v) is 5.70. The normalized spacial score (nSPS) is 18.8. The summed E-state index contributed by atoms with van der Waals surface area (Å²) >= 11 is 0. The van der Waals surface area contributed by atoms with Crippen molar-refractivity contribution >= 4 is 0 Å². The molecule has 0 radical (unpaired) electrons. The molecule has 1 aliphatic carbocycles. The zero-order valence-electron chi connectivity index (χ0n) is 17.8. The fourth-order valence-electron chi connectivity index (χ4n) is 4.50. The summed E-state index contributed by atoms with van der Waals surface area (Å²) in [4.78, 5) is 0. The monoisotopic (exact) mass is 386 g/mol. The number of benzene rings is 3. The topological polar surface area (TPSA) is 18.5 Å². The lowest BCUT2D eigenvalue weighted by molar-refractivity contribution is 0.130. The molecule has 0 spiro atoms. The Labute approximate surface area is 174 Å². The van der Waals surface area contributed by atoms with Crippen LogP contribution in [0.15, 0.2) is 72.8 Å². The van der Waals surface area contributed by atoms with Crippen LogP contribution >= 0.6 is 0 Å². The minimum atomic E-state index is -0.190. The Hall–Kier alpha value is -2.74. The molecular weight excluding hydrogens is 356 g/mol. The summed E-state index contributed by atoms with van der Waals surface area (Å²) in [5.74, 6) is 2.65. The van der Waals surface area contributed by atoms with Gasteiger partial charge < -0.3 is 9.47 Å². The minimum absolute atomic E-state index is 0.190. The second-order valence-electron chi connectivity index (χ2n) is 8.88. The second kappa shape index (κ2) is 7.94. The molecule has 0 aliphatic heterocycles. The lowest BCUT2D eigenvalue weighted by atomic mass is 9.69. The molecule has 0 amide bonds. The van der Waals surface area contributed by atoms with Crippen LogP contribution in [0.25, 0.3) is 0 Å². The van der Waals surface area contributed by atoms with Crippen molar-refractivity contribution in [2.75, 3.05) is 7.11 Å². The van der Waals surface area contributed by atoms with Gasteiger partial charge in [-0.15, -0.1) is 0 Å². The first-order chi connectivity index (χ1) is 13.9. The first-order valence-corrected chi connectivity index (χ1v) is 10.5. The van der Waals surface area contributed by atoms with Crippen molar-refractivity contribution in [3.05, 3.63) is 95.1 Å². The molecule has 2 atom stereocenters. The van der Waals surface area contributed by atoms with Gasteiger partial charge in [0.15, 0.2) is 0 Å². The highest BCUT2D eigenvalue weighted by Crippen LogP contribution is 2.47. The molecule has 29 heavy (non-hydrogen) atoms. The van der Waals surface area contributed by atoms with E-state index in [-0.39, 0.29) is 5.60 Å². The Bertz CT molecular complexity index is 952. The van der Waals surface area contributed by atoms with E-state index < -0.39 is 0 Å². The van der Waals surface area contributed by atoms with Crippen LogP contribution in [0, 0.1) is 0 Å². The average molecular weight is 387 g/mol. The molecule has 0 fully saturated rings. The summed E-state index contributed by atoms with van der Waals surface area (Å²) in [5, 5.41) is 0. The van der Waals surface area contributed by atoms with Crippen molar-refractivity contribution in [1.29, 1.82) is 0 Å². The lowest BCUT2D eigenvalue weighted by Gasteiger charge is -2.35. The molecule has 4 rings (SSSR count). The second-order valence-corrected chi connectivity index (χ2v) is 8.88. The predicted octanol–water partition coefficient (Wildman–Crippen LogP) is 6.73. The van der Waals surface area contributed by atoms with Crippen LogP contribution in [0.3, 0.4) is 0 Å². The van der Waals surface area contributed by atoms with E-state index in [4.69, 9.17) is 9.47 Å². The van der Waals surface area contributed by atoms with Crippen LogP contribution in [-0.2, 0) is 6.42 Å². The molecule has 2 heteroatoms. The summed E-state index contributed by atoms with van der Waals surface area (Å²) in [5.41, 5.74) is 5.38. The van der Waals surface area contributed by atoms with Crippen LogP contribution in [0.1, 0.15) is 61.3 Å². The van der Waals surface area contributed by atoms with Crippen LogP contribution in [-0.4, -0.2) is 12.7 Å². The number of rotatable bonds is 4. The van der Waals surface area contributed by atoms with E-state index in [1.807, 2.05) is 0 Å². The molecule has 0 saturated carbocycles. The van der Waals surface area contributed by atoms with Gasteiger partial charge in [0, 0.05) is 5.92 Å². The van der Waals surface area contributed by atoms with Crippen molar-refractivity contribution in [2.24, 2.45) is 0 Å². The van der Waals surface area contributed by atoms with E-state index in [1.165, 1.54) is 22.3 Å². The van der Waals surface area contributed by atoms with Gasteiger partial charge >= 0.3 is 0 Å². The van der Waals surface area contributed by atoms with Gasteiger partial charge in [0.1, 0.15) is 17.1 Å². The minimum Gasteiger partial charge on any atom is -0.497 e. The highest BCUT2D eigenvalue weighted by molar-refractivity contribution is 5.48. The number of methoxy groups -OCH3 is 1. The van der Waals surface area contributed by atoms with Gasteiger partial charge in [-0.3, -0.25) is 0 Å². The Kier molecular flexibility index (Phi) is 5.36. The van der Waals surface area contributed by atoms with E-state index >= 15 is 0 Å². The fraction of sp³-hybridized carbons (Fsp3) is 0.333. The summed E-state index contributed by atoms with van der Waals surface area (Å²) in [7, 11) is 1.72. The van der Waals surface area contributed by atoms with Crippen LogP contribution < -0.4 is 9.47 Å². The summed E-state index contributed by atoms with van der Waals surface area (Å²) in [6, 6.07) is 26.2. The number of ether oxygens (including phenoxy) is 2. The number of hydrogen-bond acceptors (Lipinski definition) is 2. The zero-order valence-corrected chi connectivity index (χ0v) is 17.8. The van der Waals surface area contributed by atoms with E-state index in [1.54, 1.807) is 7.11 Å². The molecule has 0 aromatic heterocycles. The van der Waals surface area contributed by atoms with Crippen molar-refractivity contribution in [1.82, 2.24) is 0 Å². The van der Waals surface area contributed by atoms with Gasteiger partial charge in [-0.1, -0.05) is 48.5 Å². The smallest absolute Gasteiger partial charge is 0.120 e. The molecule has 3 aromatic rings. The van der Waals surface area contributed by atoms with E-state index in [0.29, 0.717) is 11.8 Å². The van der Waals surface area contributed by atoms with E-state index in [9.17, 15) is 0 Å². The van der Waals surface area contributed by atoms with Crippen molar-refractivity contribution in [2.45, 2.75) is 51.0 Å². The largest absolute Gasteiger partial charge is 0.497 e. The third kappa shape index (κ3) is 4.32. The highest BCUT2D eigenvalue weighted by Gasteiger charge is 2.32. The number of aryl methyl sites for hydroxylation is 1. The third-order valence-electron chi connectivity index (χ3n) is 5.70. The molecular formula is C27H30O2. The first-order valence-electron chi connectivity index (χ1n) is 10.5. The van der Waals surface area contributed by atoms with Gasteiger partial charge in [0.25, 0.3) is 0 Å². The lowest BCUT2D eigenvalue weighted by Crippen LogP contribution is -2.24. The van der Waals surface area contributed by atoms with E-state index in [0.717, 1.165) is 24.3 Å². The van der Waals surface area contributed by atoms with Gasteiger partial charge in [-0.25, -0.2) is 0 Å². The highest BCUT2D eigenvalue weighted by atomic mass is 16.5. The first kappa shape index (κ1) is 19.6. The average Bonchev–Trinajstić information content (AvgIpc) is 2.72. The van der Waals surface area contributed by atoms with Crippen molar-refractivity contribution in [3.63, 3.8) is 0 Å². The van der Waals surface area contributed by atoms with Crippen molar-refractivity contribution < 1.29 is 9.47 Å². The molecule has 1 aliphatic rings. The van der Waals surface area contributed by atoms with Crippen molar-refractivity contribution in [3.8, 4) is 11.5 Å². The number of hydrogen-bond donors (Lipinski definition) is 0. The van der Waals surface area contributed by atoms with E-state index in [2.05, 4.69) is 93.6 Å². The fourth-order valence-corrected chi connectivity index (χ4v) is 4.50. The predicted molar refractivity (Wildman–Crippen MR) is 119 cm³/mol. The summed E-state index contributed by atoms with van der Waals surface area (Å²) in [6.07, 6.45) is 2.20. The molecule has 3 aromatic carbocycles. The van der Waals surface area contributed by atoms with Gasteiger partial charge in [-0.2, -0.15) is 0 Å². The standard InChI is InChI=1S/C27H30O2/c1-27(2,3)29-23-15-17-25-21(18-23)12-16-24(19-8-6-5-7-9-19)26(25)20-10-13-22(28-4)14-11-20/h5-11,13-15,17-18,24,26H,12,16H2,1-4H3/t24?,26-/m0/s1. The van der Waals surface area contributed by atoms with Crippen LogP contribution in [0.2, 0.25) is 0 Å². The molecule has 0 saturated heterocycles. The van der Waals surface area contributed by atoms with Gasteiger partial charge in [0.2, 0.25) is 0 Å². The van der Waals surface area contributed by atoms with Gasteiger partial charge in [-0.05, 0) is 86.1 Å². The Balaban J connectivity index is 1.77. The van der Waals surface area contributed by atoms with Gasteiger partial charge in [0.05, 0.1) is 7.11 Å². The van der Waals surface area contributed by atoms with Crippen LogP contribution in [0.5, 0.6) is 11.5 Å². The maximum Gasteiger partial charge on any atom is 0.120 e. The molecule has 2 nitrogen and oxygen atoms in total. The Morgan fingerprint density at radius 1 is 0.793 bits per heavy atom. The Morgan fingerprint density at radius 3 is 2.14 bits per heavy atom. The molecule has 0 heterocycles. The Morgan fingerprint density at radius 2 is 1.48 bits per heavy atom. The molecule has 150 valence electrons. The summed E-state index contributed by atoms with van der Waals surface area (Å²) in [6.45, 7) is 6.29. The molecule has 0 N–H and O–H groups in total. The molecule has 1 unspecified atom stereocenters. The number of fused-ring (bicyclic) bond motifs is 1.